The fourth-order valence-corrected chi connectivity index (χ4v) is 0.879. The predicted molar refractivity (Wildman–Crippen MR) is 35.5 cm³/mol. The van der Waals surface area contributed by atoms with Gasteiger partial charge in [-0.15, -0.1) is 0 Å². The van der Waals surface area contributed by atoms with E-state index >= 15 is 0 Å². The molecule has 0 radical (unpaired) electrons. The van der Waals surface area contributed by atoms with E-state index in [9.17, 15) is 8.78 Å². The molecule has 0 atom stereocenters. The van der Waals surface area contributed by atoms with Crippen LogP contribution in [0, 0.1) is 0 Å². The van der Waals surface area contributed by atoms with Crippen LogP contribution in [0.2, 0.25) is 0 Å². The lowest BCUT2D eigenvalue weighted by Crippen LogP contribution is -2.26. The molecule has 0 bridgehead atoms. The molecule has 2 nitrogen and oxygen atoms in total. The highest BCUT2D eigenvalue weighted by atomic mass is 19.3. The van der Waals surface area contributed by atoms with Gasteiger partial charge in [-0.2, -0.15) is 0 Å². The standard InChI is InChI=1S/C6H10F2N2/c7-5(8)4-10-6-2-1-3-9-6/h5H,1-4H2,(H,9,10). The molecule has 0 saturated carbocycles. The Kier molecular flexibility index (Phi) is 2.59. The number of halogens is 2. The summed E-state index contributed by atoms with van der Waals surface area (Å²) in [5.74, 6) is 0.736. The van der Waals surface area contributed by atoms with Crippen molar-refractivity contribution in [2.45, 2.75) is 19.3 Å². The summed E-state index contributed by atoms with van der Waals surface area (Å²) >= 11 is 0. The largest absolute Gasteiger partial charge is 0.368 e. The molecule has 0 unspecified atom stereocenters. The first-order valence-corrected chi connectivity index (χ1v) is 3.34. The molecule has 0 fully saturated rings. The number of aliphatic imine (C=N–C) groups is 1. The zero-order chi connectivity index (χ0) is 7.40. The third-order valence-electron chi connectivity index (χ3n) is 1.33. The van der Waals surface area contributed by atoms with Crippen LogP contribution < -0.4 is 5.32 Å². The Morgan fingerprint density at radius 1 is 1.60 bits per heavy atom. The van der Waals surface area contributed by atoms with Crippen LogP contribution in [0.25, 0.3) is 0 Å². The summed E-state index contributed by atoms with van der Waals surface area (Å²) in [6.45, 7) is 0.518. The molecule has 0 amide bonds. The first kappa shape index (κ1) is 7.44. The maximum absolute atomic E-state index is 11.6. The fraction of sp³-hybridized carbons (Fsp3) is 0.833. The Labute approximate surface area is 58.3 Å². The SMILES string of the molecule is FC(F)CNC1=NCCC1. The molecule has 10 heavy (non-hydrogen) atoms. The van der Waals surface area contributed by atoms with Crippen LogP contribution in [-0.2, 0) is 0 Å². The zero-order valence-corrected chi connectivity index (χ0v) is 5.61. The highest BCUT2D eigenvalue weighted by Gasteiger charge is 2.07. The Balaban J connectivity index is 2.13. The minimum atomic E-state index is -2.27. The number of alkyl halides is 2. The average Bonchev–Trinajstić information content (AvgIpc) is 2.34. The monoisotopic (exact) mass is 148 g/mol. The average molecular weight is 148 g/mol. The van der Waals surface area contributed by atoms with Crippen molar-refractivity contribution < 1.29 is 8.78 Å². The number of nitrogens with zero attached hydrogens (tertiary/aromatic N) is 1. The topological polar surface area (TPSA) is 24.4 Å². The summed E-state index contributed by atoms with van der Waals surface area (Å²) < 4.78 is 23.1. The van der Waals surface area contributed by atoms with E-state index < -0.39 is 6.43 Å². The second-order valence-electron chi connectivity index (χ2n) is 2.20. The lowest BCUT2D eigenvalue weighted by molar-refractivity contribution is 0.152. The number of hydrogen-bond acceptors (Lipinski definition) is 2. The summed E-state index contributed by atoms with van der Waals surface area (Å²) in [4.78, 5) is 3.98. The van der Waals surface area contributed by atoms with E-state index in [0.717, 1.165) is 25.2 Å². The lowest BCUT2D eigenvalue weighted by atomic mass is 10.3. The van der Waals surface area contributed by atoms with E-state index in [1.54, 1.807) is 0 Å². The Bertz CT molecular complexity index is 134. The molecule has 0 spiro atoms. The van der Waals surface area contributed by atoms with Gasteiger partial charge in [-0.1, -0.05) is 0 Å². The number of hydrogen-bond donors (Lipinski definition) is 1. The molecule has 1 rings (SSSR count). The summed E-state index contributed by atoms with van der Waals surface area (Å²) in [5, 5.41) is 2.58. The maximum atomic E-state index is 11.6. The fourth-order valence-electron chi connectivity index (χ4n) is 0.879. The van der Waals surface area contributed by atoms with Crippen LogP contribution in [0.5, 0.6) is 0 Å². The molecule has 4 heteroatoms. The van der Waals surface area contributed by atoms with E-state index in [4.69, 9.17) is 0 Å². The first-order chi connectivity index (χ1) is 4.79. The van der Waals surface area contributed by atoms with Gasteiger partial charge in [0, 0.05) is 13.0 Å². The van der Waals surface area contributed by atoms with E-state index in [1.165, 1.54) is 0 Å². The molecule has 0 saturated heterocycles. The van der Waals surface area contributed by atoms with Crippen molar-refractivity contribution >= 4 is 5.84 Å². The molecule has 58 valence electrons. The molecule has 0 aliphatic carbocycles. The zero-order valence-electron chi connectivity index (χ0n) is 5.61. The first-order valence-electron chi connectivity index (χ1n) is 3.34. The quantitative estimate of drug-likeness (QED) is 0.621. The van der Waals surface area contributed by atoms with Gasteiger partial charge >= 0.3 is 0 Å². The summed E-state index contributed by atoms with van der Waals surface area (Å²) in [6, 6.07) is 0. The van der Waals surface area contributed by atoms with Gasteiger partial charge in [0.15, 0.2) is 0 Å². The van der Waals surface area contributed by atoms with Crippen molar-refractivity contribution in [3.05, 3.63) is 0 Å². The van der Waals surface area contributed by atoms with Crippen LogP contribution in [0.3, 0.4) is 0 Å². The van der Waals surface area contributed by atoms with Gasteiger partial charge in [0.25, 0.3) is 6.43 Å². The summed E-state index contributed by atoms with van der Waals surface area (Å²) in [5.41, 5.74) is 0. The Morgan fingerprint density at radius 3 is 2.90 bits per heavy atom. The van der Waals surface area contributed by atoms with E-state index in [0.29, 0.717) is 0 Å². The van der Waals surface area contributed by atoms with Gasteiger partial charge in [-0.05, 0) is 6.42 Å². The van der Waals surface area contributed by atoms with Crippen LogP contribution >= 0.6 is 0 Å². The minimum Gasteiger partial charge on any atom is -0.368 e. The van der Waals surface area contributed by atoms with Crippen molar-refractivity contribution in [2.24, 2.45) is 4.99 Å². The summed E-state index contributed by atoms with van der Waals surface area (Å²) in [6.07, 6.45) is -0.457. The third-order valence-corrected chi connectivity index (χ3v) is 1.33. The van der Waals surface area contributed by atoms with E-state index in [2.05, 4.69) is 10.3 Å². The molecular formula is C6H10F2N2. The van der Waals surface area contributed by atoms with Crippen molar-refractivity contribution in [3.63, 3.8) is 0 Å². The van der Waals surface area contributed by atoms with E-state index in [1.807, 2.05) is 0 Å². The molecule has 1 heterocycles. The normalized spacial score (nSPS) is 17.7. The lowest BCUT2D eigenvalue weighted by Gasteiger charge is -2.02. The molecule has 0 aromatic rings. The van der Waals surface area contributed by atoms with Crippen molar-refractivity contribution in [1.29, 1.82) is 0 Å². The number of rotatable bonds is 2. The second kappa shape index (κ2) is 3.49. The highest BCUT2D eigenvalue weighted by Crippen LogP contribution is 2.01. The van der Waals surface area contributed by atoms with Crippen LogP contribution in [-0.4, -0.2) is 25.4 Å². The smallest absolute Gasteiger partial charge is 0.255 e. The van der Waals surface area contributed by atoms with Gasteiger partial charge in [-0.3, -0.25) is 4.99 Å². The predicted octanol–water partition coefficient (Wildman–Crippen LogP) is 1.03. The van der Waals surface area contributed by atoms with Gasteiger partial charge in [0.05, 0.1) is 12.4 Å². The van der Waals surface area contributed by atoms with Gasteiger partial charge in [0.2, 0.25) is 0 Å². The minimum absolute atomic E-state index is 0.265. The number of nitrogens with one attached hydrogen (secondary N) is 1. The van der Waals surface area contributed by atoms with Gasteiger partial charge in [0.1, 0.15) is 0 Å². The van der Waals surface area contributed by atoms with Crippen LogP contribution in [0.15, 0.2) is 4.99 Å². The Hall–Kier alpha value is -0.670. The molecule has 1 N–H and O–H groups in total. The molecule has 1 aliphatic heterocycles. The molecule has 1 aliphatic rings. The van der Waals surface area contributed by atoms with Crippen molar-refractivity contribution in [1.82, 2.24) is 5.32 Å². The molecule has 0 aromatic carbocycles. The van der Waals surface area contributed by atoms with E-state index in [-0.39, 0.29) is 6.54 Å². The van der Waals surface area contributed by atoms with Crippen molar-refractivity contribution in [2.75, 3.05) is 13.1 Å². The van der Waals surface area contributed by atoms with Crippen LogP contribution in [0.1, 0.15) is 12.8 Å². The third kappa shape index (κ3) is 2.29. The Morgan fingerprint density at radius 2 is 2.40 bits per heavy atom. The highest BCUT2D eigenvalue weighted by molar-refractivity contribution is 5.83. The molecule has 0 aromatic heterocycles. The maximum Gasteiger partial charge on any atom is 0.255 e. The summed E-state index contributed by atoms with van der Waals surface area (Å²) in [7, 11) is 0. The molecular weight excluding hydrogens is 138 g/mol. The number of amidine groups is 1. The van der Waals surface area contributed by atoms with Crippen molar-refractivity contribution in [3.8, 4) is 0 Å². The second-order valence-corrected chi connectivity index (χ2v) is 2.20. The van der Waals surface area contributed by atoms with Gasteiger partial charge < -0.3 is 5.32 Å². The van der Waals surface area contributed by atoms with Crippen LogP contribution in [0.4, 0.5) is 8.78 Å². The van der Waals surface area contributed by atoms with Gasteiger partial charge in [-0.25, -0.2) is 8.78 Å².